The number of rotatable bonds is 5. The molecule has 98 valence electrons. The van der Waals surface area contributed by atoms with Gasteiger partial charge in [0.05, 0.1) is 11.8 Å². The summed E-state index contributed by atoms with van der Waals surface area (Å²) >= 11 is 6.06. The zero-order valence-electron chi connectivity index (χ0n) is 10.4. The molecule has 1 aromatic rings. The van der Waals surface area contributed by atoms with Gasteiger partial charge in [0.1, 0.15) is 0 Å². The number of amides is 1. The van der Waals surface area contributed by atoms with E-state index in [0.29, 0.717) is 5.02 Å². The lowest BCUT2D eigenvalue weighted by Crippen LogP contribution is -2.41. The number of benzene rings is 1. The van der Waals surface area contributed by atoms with E-state index in [0.717, 1.165) is 5.56 Å². The molecule has 0 aliphatic heterocycles. The van der Waals surface area contributed by atoms with Crippen LogP contribution >= 0.6 is 11.6 Å². The van der Waals surface area contributed by atoms with Crippen molar-refractivity contribution in [1.29, 1.82) is 0 Å². The van der Waals surface area contributed by atoms with E-state index >= 15 is 0 Å². The van der Waals surface area contributed by atoms with Crippen LogP contribution in [0.3, 0.4) is 0 Å². The first-order valence-electron chi connectivity index (χ1n) is 5.61. The average molecular weight is 270 g/mol. The minimum atomic E-state index is -0.939. The molecule has 5 heteroatoms. The van der Waals surface area contributed by atoms with E-state index in [1.165, 1.54) is 0 Å². The fourth-order valence-electron chi connectivity index (χ4n) is 1.59. The first-order chi connectivity index (χ1) is 8.35. The van der Waals surface area contributed by atoms with Crippen LogP contribution in [0.2, 0.25) is 5.02 Å². The lowest BCUT2D eigenvalue weighted by Gasteiger charge is -2.25. The van der Waals surface area contributed by atoms with E-state index in [-0.39, 0.29) is 18.9 Å². The molecule has 0 saturated carbocycles. The highest BCUT2D eigenvalue weighted by molar-refractivity contribution is 6.31. The summed E-state index contributed by atoms with van der Waals surface area (Å²) in [7, 11) is 0. The lowest BCUT2D eigenvalue weighted by molar-refractivity contribution is -0.137. The molecule has 0 aromatic heterocycles. The second kappa shape index (κ2) is 5.87. The summed E-state index contributed by atoms with van der Waals surface area (Å²) in [6.07, 6.45) is -0.0929. The van der Waals surface area contributed by atoms with Crippen molar-refractivity contribution in [2.24, 2.45) is 0 Å². The molecule has 0 heterocycles. The predicted molar refractivity (Wildman–Crippen MR) is 69.7 cm³/mol. The normalized spacial score (nSPS) is 11.1. The van der Waals surface area contributed by atoms with E-state index in [1.807, 2.05) is 6.07 Å². The van der Waals surface area contributed by atoms with Gasteiger partial charge in [0, 0.05) is 11.6 Å². The number of aliphatic carboxylic acids is 1. The highest BCUT2D eigenvalue weighted by Gasteiger charge is 2.31. The molecule has 0 spiro atoms. The maximum absolute atomic E-state index is 12.0. The number of hydrogen-bond donors (Lipinski definition) is 2. The summed E-state index contributed by atoms with van der Waals surface area (Å²) in [6.45, 7) is 3.62. The number of carbonyl (C=O) groups is 2. The topological polar surface area (TPSA) is 66.4 Å². The Kier molecular flexibility index (Phi) is 4.73. The largest absolute Gasteiger partial charge is 0.481 e. The van der Waals surface area contributed by atoms with Crippen LogP contribution < -0.4 is 5.32 Å². The quantitative estimate of drug-likeness (QED) is 0.861. The summed E-state index contributed by atoms with van der Waals surface area (Å²) < 4.78 is 0. The van der Waals surface area contributed by atoms with Gasteiger partial charge in [-0.2, -0.15) is 0 Å². The van der Waals surface area contributed by atoms with E-state index in [9.17, 15) is 9.59 Å². The zero-order chi connectivity index (χ0) is 13.8. The molecule has 2 N–H and O–H groups in total. The minimum absolute atomic E-state index is 0.0929. The summed E-state index contributed by atoms with van der Waals surface area (Å²) in [4.78, 5) is 22.4. The molecular formula is C13H16ClNO3. The van der Waals surface area contributed by atoms with Crippen LogP contribution in [-0.4, -0.2) is 23.5 Å². The van der Waals surface area contributed by atoms with Crippen LogP contribution in [0.4, 0.5) is 0 Å². The van der Waals surface area contributed by atoms with Gasteiger partial charge >= 0.3 is 5.97 Å². The molecule has 4 nitrogen and oxygen atoms in total. The molecule has 18 heavy (non-hydrogen) atoms. The van der Waals surface area contributed by atoms with Crippen LogP contribution in [-0.2, 0) is 15.0 Å². The lowest BCUT2D eigenvalue weighted by atomic mass is 9.83. The summed E-state index contributed by atoms with van der Waals surface area (Å²) in [5, 5.41) is 11.6. The highest BCUT2D eigenvalue weighted by Crippen LogP contribution is 2.29. The van der Waals surface area contributed by atoms with Crippen LogP contribution in [0.15, 0.2) is 24.3 Å². The number of carbonyl (C=O) groups excluding carboxylic acids is 1. The van der Waals surface area contributed by atoms with E-state index in [2.05, 4.69) is 5.32 Å². The molecule has 0 saturated heterocycles. The van der Waals surface area contributed by atoms with Crippen LogP contribution in [0.1, 0.15) is 25.8 Å². The van der Waals surface area contributed by atoms with Gasteiger partial charge in [0.2, 0.25) is 5.91 Å². The van der Waals surface area contributed by atoms with Gasteiger partial charge in [-0.25, -0.2) is 0 Å². The van der Waals surface area contributed by atoms with E-state index < -0.39 is 11.4 Å². The molecule has 0 bridgehead atoms. The Morgan fingerprint density at radius 1 is 1.33 bits per heavy atom. The van der Waals surface area contributed by atoms with Gasteiger partial charge in [-0.3, -0.25) is 9.59 Å². The number of nitrogens with one attached hydrogen (secondary N) is 1. The summed E-state index contributed by atoms with van der Waals surface area (Å²) in [6, 6.07) is 7.13. The fraction of sp³-hybridized carbons (Fsp3) is 0.385. The second-order valence-electron chi connectivity index (χ2n) is 4.50. The molecule has 0 unspecified atom stereocenters. The molecule has 1 rings (SSSR count). The molecule has 0 fully saturated rings. The third kappa shape index (κ3) is 3.47. The molecule has 1 aromatic carbocycles. The predicted octanol–water partition coefficient (Wildman–Crippen LogP) is 2.21. The number of carboxylic acid groups (broad SMARTS) is 1. The van der Waals surface area contributed by atoms with Crippen LogP contribution in [0.25, 0.3) is 0 Å². The Labute approximate surface area is 111 Å². The molecular weight excluding hydrogens is 254 g/mol. The summed E-state index contributed by atoms with van der Waals surface area (Å²) in [5.74, 6) is -1.18. The maximum atomic E-state index is 12.0. The number of carboxylic acids is 1. The van der Waals surface area contributed by atoms with Crippen molar-refractivity contribution < 1.29 is 14.7 Å². The monoisotopic (exact) mass is 269 g/mol. The highest BCUT2D eigenvalue weighted by atomic mass is 35.5. The minimum Gasteiger partial charge on any atom is -0.481 e. The van der Waals surface area contributed by atoms with E-state index in [4.69, 9.17) is 16.7 Å². The van der Waals surface area contributed by atoms with Crippen molar-refractivity contribution >= 4 is 23.5 Å². The fourth-order valence-corrected chi connectivity index (χ4v) is 1.97. The third-order valence-corrected chi connectivity index (χ3v) is 3.07. The smallest absolute Gasteiger partial charge is 0.305 e. The second-order valence-corrected chi connectivity index (χ2v) is 4.91. The number of halogens is 1. The van der Waals surface area contributed by atoms with Crippen LogP contribution in [0, 0.1) is 0 Å². The van der Waals surface area contributed by atoms with Crippen molar-refractivity contribution in [3.05, 3.63) is 34.9 Å². The molecule has 0 radical (unpaired) electrons. The Morgan fingerprint density at radius 3 is 2.50 bits per heavy atom. The van der Waals surface area contributed by atoms with Gasteiger partial charge < -0.3 is 10.4 Å². The van der Waals surface area contributed by atoms with Crippen molar-refractivity contribution in [3.63, 3.8) is 0 Å². The Balaban J connectivity index is 2.77. The van der Waals surface area contributed by atoms with Gasteiger partial charge in [-0.1, -0.05) is 29.8 Å². The molecule has 0 atom stereocenters. The molecule has 0 aliphatic rings. The van der Waals surface area contributed by atoms with E-state index in [1.54, 1.807) is 32.0 Å². The first-order valence-corrected chi connectivity index (χ1v) is 5.98. The average Bonchev–Trinajstić information content (AvgIpc) is 2.28. The summed E-state index contributed by atoms with van der Waals surface area (Å²) in [5.41, 5.74) is -0.0730. The molecule has 0 aliphatic carbocycles. The maximum Gasteiger partial charge on any atom is 0.305 e. The van der Waals surface area contributed by atoms with Crippen LogP contribution in [0.5, 0.6) is 0 Å². The van der Waals surface area contributed by atoms with Gasteiger partial charge in [-0.15, -0.1) is 0 Å². The Hall–Kier alpha value is -1.55. The Bertz CT molecular complexity index is 457. The molecule has 1 amide bonds. The van der Waals surface area contributed by atoms with Crippen molar-refractivity contribution in [3.8, 4) is 0 Å². The Morgan fingerprint density at radius 2 is 1.94 bits per heavy atom. The van der Waals surface area contributed by atoms with Crippen molar-refractivity contribution in [1.82, 2.24) is 5.32 Å². The zero-order valence-corrected chi connectivity index (χ0v) is 11.1. The number of hydrogen-bond acceptors (Lipinski definition) is 2. The van der Waals surface area contributed by atoms with Crippen molar-refractivity contribution in [2.75, 3.05) is 6.54 Å². The SMILES string of the molecule is CC(C)(C(=O)NCCC(=O)O)c1ccccc1Cl. The van der Waals surface area contributed by atoms with Gasteiger partial charge in [-0.05, 0) is 25.5 Å². The van der Waals surface area contributed by atoms with Crippen molar-refractivity contribution in [2.45, 2.75) is 25.7 Å². The first kappa shape index (κ1) is 14.5. The van der Waals surface area contributed by atoms with Gasteiger partial charge in [0.15, 0.2) is 0 Å². The third-order valence-electron chi connectivity index (χ3n) is 2.74. The standard InChI is InChI=1S/C13H16ClNO3/c1-13(2,9-5-3-4-6-10(9)14)12(18)15-8-7-11(16)17/h3-6H,7-8H2,1-2H3,(H,15,18)(H,16,17). The van der Waals surface area contributed by atoms with Gasteiger partial charge in [0.25, 0.3) is 0 Å².